The first kappa shape index (κ1) is 19.6. The summed E-state index contributed by atoms with van der Waals surface area (Å²) in [4.78, 5) is 0. The van der Waals surface area contributed by atoms with E-state index < -0.39 is 0 Å². The molecule has 0 saturated heterocycles. The third kappa shape index (κ3) is 3.64. The Morgan fingerprint density at radius 1 is 0.667 bits per heavy atom. The van der Waals surface area contributed by atoms with Gasteiger partial charge in [0.2, 0.25) is 0 Å². The van der Waals surface area contributed by atoms with Crippen molar-refractivity contribution in [3.63, 3.8) is 0 Å². The Balaban J connectivity index is 1.94. The van der Waals surface area contributed by atoms with Crippen LogP contribution in [0.15, 0.2) is 77.2 Å². The van der Waals surface area contributed by atoms with Crippen LogP contribution >= 0.6 is 0 Å². The Morgan fingerprint density at radius 3 is 1.60 bits per heavy atom. The molecule has 30 heavy (non-hydrogen) atoms. The van der Waals surface area contributed by atoms with E-state index >= 15 is 0 Å². The largest absolute Gasteiger partial charge is 0.508 e. The molecule has 0 fully saturated rings. The molecule has 0 amide bonds. The number of hydrogen-bond donors (Lipinski definition) is 1. The molecular formula is C26H24O4. The van der Waals surface area contributed by atoms with Crippen LogP contribution in [-0.2, 0) is 6.42 Å². The number of methoxy groups -OCH3 is 2. The maximum absolute atomic E-state index is 9.76. The van der Waals surface area contributed by atoms with Crippen LogP contribution in [0.4, 0.5) is 0 Å². The summed E-state index contributed by atoms with van der Waals surface area (Å²) in [6, 6.07) is 23.0. The van der Waals surface area contributed by atoms with Gasteiger partial charge < -0.3 is 19.0 Å². The molecule has 4 heteroatoms. The van der Waals surface area contributed by atoms with Gasteiger partial charge in [0.15, 0.2) is 0 Å². The molecule has 0 aliphatic rings. The minimum absolute atomic E-state index is 0.238. The van der Waals surface area contributed by atoms with E-state index in [-0.39, 0.29) is 5.75 Å². The van der Waals surface area contributed by atoms with Gasteiger partial charge in [0.05, 0.1) is 14.2 Å². The molecule has 4 aromatic rings. The lowest BCUT2D eigenvalue weighted by atomic mass is 9.94. The van der Waals surface area contributed by atoms with E-state index in [1.807, 2.05) is 60.7 Å². The van der Waals surface area contributed by atoms with Crippen molar-refractivity contribution >= 4 is 0 Å². The Hall–Kier alpha value is -3.66. The van der Waals surface area contributed by atoms with Crippen LogP contribution in [0.25, 0.3) is 33.8 Å². The summed E-state index contributed by atoms with van der Waals surface area (Å²) >= 11 is 0. The van der Waals surface area contributed by atoms with Crippen molar-refractivity contribution < 1.29 is 19.0 Å². The van der Waals surface area contributed by atoms with Gasteiger partial charge in [-0.1, -0.05) is 19.1 Å². The summed E-state index contributed by atoms with van der Waals surface area (Å²) in [5.41, 5.74) is 5.12. The highest BCUT2D eigenvalue weighted by atomic mass is 16.5. The third-order valence-corrected chi connectivity index (χ3v) is 5.22. The van der Waals surface area contributed by atoms with Gasteiger partial charge in [0.1, 0.15) is 28.8 Å². The van der Waals surface area contributed by atoms with Crippen molar-refractivity contribution in [3.05, 3.63) is 78.4 Å². The topological polar surface area (TPSA) is 51.8 Å². The minimum Gasteiger partial charge on any atom is -0.508 e. The summed E-state index contributed by atoms with van der Waals surface area (Å²) in [6.07, 6.45) is 0.803. The molecule has 3 aromatic carbocycles. The summed E-state index contributed by atoms with van der Waals surface area (Å²) in [6.45, 7) is 2.12. The second-order valence-electron chi connectivity index (χ2n) is 6.97. The lowest BCUT2D eigenvalue weighted by Crippen LogP contribution is -1.88. The zero-order valence-corrected chi connectivity index (χ0v) is 17.3. The van der Waals surface area contributed by atoms with Crippen molar-refractivity contribution in [1.82, 2.24) is 0 Å². The monoisotopic (exact) mass is 400 g/mol. The van der Waals surface area contributed by atoms with Crippen molar-refractivity contribution in [2.75, 3.05) is 14.2 Å². The van der Waals surface area contributed by atoms with E-state index in [0.29, 0.717) is 0 Å². The van der Waals surface area contributed by atoms with E-state index in [9.17, 15) is 5.11 Å². The number of ether oxygens (including phenoxy) is 2. The van der Waals surface area contributed by atoms with E-state index in [0.717, 1.165) is 57.3 Å². The molecule has 152 valence electrons. The average molecular weight is 400 g/mol. The lowest BCUT2D eigenvalue weighted by Gasteiger charge is -2.07. The normalized spacial score (nSPS) is 10.8. The summed E-state index contributed by atoms with van der Waals surface area (Å²) in [5, 5.41) is 9.76. The molecule has 4 rings (SSSR count). The fourth-order valence-corrected chi connectivity index (χ4v) is 3.66. The van der Waals surface area contributed by atoms with Gasteiger partial charge in [-0.2, -0.15) is 0 Å². The predicted octanol–water partition coefficient (Wildman–Crippen LogP) is 6.57. The highest BCUT2D eigenvalue weighted by Crippen LogP contribution is 2.44. The molecule has 4 nitrogen and oxygen atoms in total. The van der Waals surface area contributed by atoms with Gasteiger partial charge in [0, 0.05) is 22.3 Å². The second kappa shape index (κ2) is 8.37. The molecule has 1 aromatic heterocycles. The van der Waals surface area contributed by atoms with E-state index in [4.69, 9.17) is 13.9 Å². The maximum Gasteiger partial charge on any atom is 0.142 e. The van der Waals surface area contributed by atoms with Gasteiger partial charge >= 0.3 is 0 Å². The fraction of sp³-hybridized carbons (Fsp3) is 0.154. The van der Waals surface area contributed by atoms with Gasteiger partial charge in [-0.05, 0) is 72.6 Å². The van der Waals surface area contributed by atoms with E-state index in [1.54, 1.807) is 26.4 Å². The zero-order chi connectivity index (χ0) is 21.1. The smallest absolute Gasteiger partial charge is 0.142 e. The first-order valence-electron chi connectivity index (χ1n) is 9.88. The first-order chi connectivity index (χ1) is 14.6. The van der Waals surface area contributed by atoms with Gasteiger partial charge in [-0.25, -0.2) is 0 Å². The van der Waals surface area contributed by atoms with Gasteiger partial charge in [-0.15, -0.1) is 0 Å². The maximum atomic E-state index is 9.76. The Morgan fingerprint density at radius 2 is 1.13 bits per heavy atom. The summed E-state index contributed by atoms with van der Waals surface area (Å²) in [5.74, 6) is 3.47. The van der Waals surface area contributed by atoms with Crippen LogP contribution in [0, 0.1) is 0 Å². The van der Waals surface area contributed by atoms with Crippen molar-refractivity contribution in [3.8, 4) is 51.0 Å². The number of aromatic hydroxyl groups is 1. The zero-order valence-electron chi connectivity index (χ0n) is 17.3. The van der Waals surface area contributed by atoms with E-state index in [2.05, 4.69) is 6.92 Å². The van der Waals surface area contributed by atoms with Gasteiger partial charge in [-0.3, -0.25) is 0 Å². The third-order valence-electron chi connectivity index (χ3n) is 5.22. The molecule has 0 aliphatic carbocycles. The quantitative estimate of drug-likeness (QED) is 0.398. The number of phenolic OH excluding ortho intramolecular Hbond substituents is 1. The molecule has 1 heterocycles. The van der Waals surface area contributed by atoms with Crippen LogP contribution in [-0.4, -0.2) is 19.3 Å². The van der Waals surface area contributed by atoms with Crippen LogP contribution in [0.5, 0.6) is 17.2 Å². The number of furan rings is 1. The van der Waals surface area contributed by atoms with Crippen molar-refractivity contribution in [2.45, 2.75) is 13.3 Å². The standard InChI is InChI=1S/C26H24O4/c1-4-23-24(17-5-11-20(27)12-6-17)26(19-9-15-22(29-3)16-10-19)30-25(23)18-7-13-21(28-2)14-8-18/h5-16,27H,4H2,1-3H3. The SMILES string of the molecule is CCc1c(-c2ccc(OC)cc2)oc(-c2ccc(OC)cc2)c1-c1ccc(O)cc1. The van der Waals surface area contributed by atoms with Crippen molar-refractivity contribution in [1.29, 1.82) is 0 Å². The van der Waals surface area contributed by atoms with E-state index in [1.165, 1.54) is 0 Å². The fourth-order valence-electron chi connectivity index (χ4n) is 3.66. The second-order valence-corrected chi connectivity index (χ2v) is 6.97. The molecule has 0 radical (unpaired) electrons. The number of benzene rings is 3. The Kier molecular flexibility index (Phi) is 5.48. The number of hydrogen-bond acceptors (Lipinski definition) is 4. The van der Waals surface area contributed by atoms with Crippen LogP contribution in [0.2, 0.25) is 0 Å². The minimum atomic E-state index is 0.238. The highest BCUT2D eigenvalue weighted by molar-refractivity contribution is 5.88. The number of rotatable bonds is 6. The predicted molar refractivity (Wildman–Crippen MR) is 119 cm³/mol. The number of phenols is 1. The van der Waals surface area contributed by atoms with Crippen LogP contribution in [0.1, 0.15) is 12.5 Å². The van der Waals surface area contributed by atoms with Gasteiger partial charge in [0.25, 0.3) is 0 Å². The molecule has 0 atom stereocenters. The molecule has 0 bridgehead atoms. The first-order valence-corrected chi connectivity index (χ1v) is 9.88. The lowest BCUT2D eigenvalue weighted by molar-refractivity contribution is 0.415. The van der Waals surface area contributed by atoms with Crippen LogP contribution < -0.4 is 9.47 Å². The average Bonchev–Trinajstić information content (AvgIpc) is 3.19. The van der Waals surface area contributed by atoms with Crippen molar-refractivity contribution in [2.24, 2.45) is 0 Å². The molecule has 0 spiro atoms. The Bertz CT molecular complexity index is 1120. The molecule has 0 unspecified atom stereocenters. The summed E-state index contributed by atoms with van der Waals surface area (Å²) in [7, 11) is 3.31. The molecule has 1 N–H and O–H groups in total. The molecular weight excluding hydrogens is 376 g/mol. The summed E-state index contributed by atoms with van der Waals surface area (Å²) < 4.78 is 17.1. The molecule has 0 aliphatic heterocycles. The highest BCUT2D eigenvalue weighted by Gasteiger charge is 2.23. The Labute approximate surface area is 176 Å². The molecule has 0 saturated carbocycles. The van der Waals surface area contributed by atoms with Crippen LogP contribution in [0.3, 0.4) is 0 Å².